The van der Waals surface area contributed by atoms with E-state index >= 15 is 0 Å². The third kappa shape index (κ3) is 3.14. The Morgan fingerprint density at radius 3 is 2.24 bits per heavy atom. The van der Waals surface area contributed by atoms with Gasteiger partial charge in [0.1, 0.15) is 6.10 Å². The number of hydrogen-bond acceptors (Lipinski definition) is 6. The summed E-state index contributed by atoms with van der Waals surface area (Å²) in [5.74, 6) is -0.768. The van der Waals surface area contributed by atoms with E-state index in [1.165, 1.54) is 24.3 Å². The third-order valence-corrected chi connectivity index (χ3v) is 5.79. The Morgan fingerprint density at radius 1 is 1.08 bits per heavy atom. The zero-order chi connectivity index (χ0) is 17.5. The van der Waals surface area contributed by atoms with E-state index in [2.05, 4.69) is 0 Å². The van der Waals surface area contributed by atoms with E-state index in [0.29, 0.717) is 18.8 Å². The molecule has 7 nitrogen and oxygen atoms in total. The maximum Gasteiger partial charge on any atom is 0.338 e. The quantitative estimate of drug-likeness (QED) is 0.474. The van der Waals surface area contributed by atoms with Crippen LogP contribution in [0.1, 0.15) is 48.9 Å². The molecule has 1 aliphatic heterocycles. The molecule has 0 unspecified atom stereocenters. The van der Waals surface area contributed by atoms with Crippen molar-refractivity contribution in [2.75, 3.05) is 13.2 Å². The molecule has 0 aromatic heterocycles. The number of nitrogens with zero attached hydrogens (tertiary/aromatic N) is 1. The molecule has 2 spiro atoms. The van der Waals surface area contributed by atoms with Crippen molar-refractivity contribution in [3.8, 4) is 0 Å². The molecule has 1 heterocycles. The van der Waals surface area contributed by atoms with E-state index < -0.39 is 10.9 Å². The molecule has 1 saturated heterocycles. The summed E-state index contributed by atoms with van der Waals surface area (Å²) in [5, 5.41) is 10.7. The van der Waals surface area contributed by atoms with Crippen molar-refractivity contribution in [3.05, 3.63) is 39.9 Å². The van der Waals surface area contributed by atoms with E-state index in [9.17, 15) is 14.9 Å². The molecule has 134 valence electrons. The van der Waals surface area contributed by atoms with Gasteiger partial charge in [-0.3, -0.25) is 10.1 Å². The standard InChI is InChI=1S/C18H21NO6/c20-16(13-1-3-14(4-2-13)19(21)22)25-15-11-17(12-15)5-7-18(8-6-17)23-9-10-24-18/h1-4,15H,5-12H2. The predicted octanol–water partition coefficient (Wildman–Crippen LogP) is 3.22. The van der Waals surface area contributed by atoms with Crippen LogP contribution in [0.4, 0.5) is 5.69 Å². The maximum absolute atomic E-state index is 12.2. The number of carbonyl (C=O) groups is 1. The summed E-state index contributed by atoms with van der Waals surface area (Å²) in [6, 6.07) is 5.52. The summed E-state index contributed by atoms with van der Waals surface area (Å²) < 4.78 is 17.1. The maximum atomic E-state index is 12.2. The average Bonchev–Trinajstić information content (AvgIpc) is 3.04. The van der Waals surface area contributed by atoms with E-state index in [-0.39, 0.29) is 23.0 Å². The molecule has 0 amide bonds. The van der Waals surface area contributed by atoms with Crippen LogP contribution in [-0.2, 0) is 14.2 Å². The minimum atomic E-state index is -0.488. The van der Waals surface area contributed by atoms with Gasteiger partial charge in [0, 0.05) is 25.0 Å². The molecular formula is C18H21NO6. The lowest BCUT2D eigenvalue weighted by molar-refractivity contribution is -0.384. The minimum absolute atomic E-state index is 0.0355. The molecule has 2 saturated carbocycles. The van der Waals surface area contributed by atoms with Crippen molar-refractivity contribution >= 4 is 11.7 Å². The second-order valence-electron chi connectivity index (χ2n) is 7.35. The molecule has 3 fully saturated rings. The highest BCUT2D eigenvalue weighted by atomic mass is 16.7. The third-order valence-electron chi connectivity index (χ3n) is 5.79. The summed E-state index contributed by atoms with van der Waals surface area (Å²) in [6.45, 7) is 1.37. The zero-order valence-corrected chi connectivity index (χ0v) is 13.9. The Morgan fingerprint density at radius 2 is 1.68 bits per heavy atom. The Balaban J connectivity index is 1.28. The van der Waals surface area contributed by atoms with Crippen LogP contribution in [0.3, 0.4) is 0 Å². The zero-order valence-electron chi connectivity index (χ0n) is 13.9. The largest absolute Gasteiger partial charge is 0.459 e. The van der Waals surface area contributed by atoms with Crippen molar-refractivity contribution in [1.82, 2.24) is 0 Å². The fourth-order valence-electron chi connectivity index (χ4n) is 4.28. The summed E-state index contributed by atoms with van der Waals surface area (Å²) in [5.41, 5.74) is 0.564. The van der Waals surface area contributed by atoms with Crippen LogP contribution in [0.25, 0.3) is 0 Å². The second kappa shape index (κ2) is 6.07. The number of nitro benzene ring substituents is 1. The summed E-state index contributed by atoms with van der Waals surface area (Å²) in [7, 11) is 0. The Bertz CT molecular complexity index is 661. The van der Waals surface area contributed by atoms with Gasteiger partial charge in [0.25, 0.3) is 5.69 Å². The van der Waals surface area contributed by atoms with E-state index in [1.807, 2.05) is 0 Å². The van der Waals surface area contributed by atoms with Crippen LogP contribution in [-0.4, -0.2) is 36.0 Å². The lowest BCUT2D eigenvalue weighted by Gasteiger charge is -2.52. The SMILES string of the molecule is O=C(OC1CC2(CCC3(CC2)OCCO3)C1)c1ccc([N+](=O)[O-])cc1. The topological polar surface area (TPSA) is 87.9 Å². The molecule has 7 heteroatoms. The monoisotopic (exact) mass is 347 g/mol. The number of rotatable bonds is 3. The molecule has 2 aliphatic carbocycles. The van der Waals surface area contributed by atoms with Gasteiger partial charge in [-0.15, -0.1) is 0 Å². The number of carbonyl (C=O) groups excluding carboxylic acids is 1. The van der Waals surface area contributed by atoms with Gasteiger partial charge >= 0.3 is 5.97 Å². The van der Waals surface area contributed by atoms with E-state index in [1.54, 1.807) is 0 Å². The number of ether oxygens (including phenoxy) is 3. The van der Waals surface area contributed by atoms with Crippen LogP contribution >= 0.6 is 0 Å². The molecule has 4 rings (SSSR count). The highest BCUT2D eigenvalue weighted by molar-refractivity contribution is 5.89. The highest BCUT2D eigenvalue weighted by Crippen LogP contribution is 2.56. The van der Waals surface area contributed by atoms with Gasteiger partial charge in [0.2, 0.25) is 0 Å². The second-order valence-corrected chi connectivity index (χ2v) is 7.35. The van der Waals surface area contributed by atoms with Gasteiger partial charge < -0.3 is 14.2 Å². The number of hydrogen-bond donors (Lipinski definition) is 0. The Labute approximate surface area is 145 Å². The molecule has 0 atom stereocenters. The number of non-ortho nitro benzene ring substituents is 1. The number of nitro groups is 1. The molecule has 1 aromatic rings. The molecule has 1 aromatic carbocycles. The lowest BCUT2D eigenvalue weighted by Crippen LogP contribution is -2.49. The van der Waals surface area contributed by atoms with Crippen LogP contribution in [0.2, 0.25) is 0 Å². The molecule has 0 radical (unpaired) electrons. The van der Waals surface area contributed by atoms with Gasteiger partial charge in [-0.05, 0) is 43.2 Å². The Kier molecular flexibility index (Phi) is 4.00. The van der Waals surface area contributed by atoms with Crippen LogP contribution in [0.15, 0.2) is 24.3 Å². The normalized spacial score (nSPS) is 24.2. The number of benzene rings is 1. The predicted molar refractivity (Wildman–Crippen MR) is 87.1 cm³/mol. The number of esters is 1. The summed E-state index contributed by atoms with van der Waals surface area (Å²) >= 11 is 0. The molecule has 0 N–H and O–H groups in total. The Hall–Kier alpha value is -1.99. The van der Waals surface area contributed by atoms with Crippen molar-refractivity contribution in [2.45, 2.75) is 50.4 Å². The van der Waals surface area contributed by atoms with Gasteiger partial charge in [0.05, 0.1) is 23.7 Å². The first-order chi connectivity index (χ1) is 12.0. The lowest BCUT2D eigenvalue weighted by atomic mass is 9.58. The minimum Gasteiger partial charge on any atom is -0.459 e. The van der Waals surface area contributed by atoms with Gasteiger partial charge in [-0.1, -0.05) is 0 Å². The molecular weight excluding hydrogens is 326 g/mol. The summed E-state index contributed by atoms with van der Waals surface area (Å²) in [6.07, 6.45) is 5.59. The molecule has 0 bridgehead atoms. The van der Waals surface area contributed by atoms with Crippen molar-refractivity contribution in [3.63, 3.8) is 0 Å². The highest BCUT2D eigenvalue weighted by Gasteiger charge is 2.52. The van der Waals surface area contributed by atoms with Gasteiger partial charge in [-0.25, -0.2) is 4.79 Å². The first kappa shape index (κ1) is 16.5. The average molecular weight is 347 g/mol. The first-order valence-corrected chi connectivity index (χ1v) is 8.73. The van der Waals surface area contributed by atoms with E-state index in [0.717, 1.165) is 38.5 Å². The smallest absolute Gasteiger partial charge is 0.338 e. The van der Waals surface area contributed by atoms with Crippen LogP contribution in [0.5, 0.6) is 0 Å². The first-order valence-electron chi connectivity index (χ1n) is 8.73. The van der Waals surface area contributed by atoms with E-state index in [4.69, 9.17) is 14.2 Å². The van der Waals surface area contributed by atoms with Gasteiger partial charge in [-0.2, -0.15) is 0 Å². The summed E-state index contributed by atoms with van der Waals surface area (Å²) in [4.78, 5) is 22.3. The van der Waals surface area contributed by atoms with Crippen LogP contribution in [0, 0.1) is 15.5 Å². The van der Waals surface area contributed by atoms with Gasteiger partial charge in [0.15, 0.2) is 5.79 Å². The van der Waals surface area contributed by atoms with Crippen molar-refractivity contribution < 1.29 is 23.9 Å². The molecule has 3 aliphatic rings. The fourth-order valence-corrected chi connectivity index (χ4v) is 4.28. The van der Waals surface area contributed by atoms with Crippen LogP contribution < -0.4 is 0 Å². The fraction of sp³-hybridized carbons (Fsp3) is 0.611. The van der Waals surface area contributed by atoms with Crippen molar-refractivity contribution in [2.24, 2.45) is 5.41 Å². The van der Waals surface area contributed by atoms with Crippen molar-refractivity contribution in [1.29, 1.82) is 0 Å². The molecule has 25 heavy (non-hydrogen) atoms.